The van der Waals surface area contributed by atoms with Crippen molar-refractivity contribution in [3.05, 3.63) is 71.8 Å². The Morgan fingerprint density at radius 1 is 1.03 bits per heavy atom. The minimum absolute atomic E-state index is 0.0420. The molecule has 7 nitrogen and oxygen atoms in total. The minimum atomic E-state index is -3.54. The number of ether oxygens (including phenoxy) is 3. The van der Waals surface area contributed by atoms with Crippen LogP contribution in [-0.4, -0.2) is 54.4 Å². The number of esters is 1. The number of aryl methyl sites for hydroxylation is 1. The number of hydrogen-bond donors (Lipinski definition) is 0. The van der Waals surface area contributed by atoms with Gasteiger partial charge >= 0.3 is 5.97 Å². The first-order valence-corrected chi connectivity index (χ1v) is 17.3. The molecule has 0 spiro atoms. The highest BCUT2D eigenvalue weighted by atomic mass is 32.2. The Labute approximate surface area is 229 Å². The molecule has 2 rings (SSSR count). The topological polar surface area (TPSA) is 88.1 Å². The molecule has 0 saturated heterocycles. The zero-order chi connectivity index (χ0) is 28.6. The molecule has 0 aliphatic rings. The number of sulfone groups is 1. The zero-order valence-electron chi connectivity index (χ0n) is 23.8. The van der Waals surface area contributed by atoms with Gasteiger partial charge in [0.15, 0.2) is 18.2 Å². The van der Waals surface area contributed by atoms with Crippen molar-refractivity contribution in [1.82, 2.24) is 0 Å². The molecule has 0 aliphatic carbocycles. The molecule has 0 heterocycles. The Hall–Kier alpha value is -2.46. The first kappa shape index (κ1) is 31.8. The molecule has 2 aromatic rings. The van der Waals surface area contributed by atoms with E-state index in [1.807, 2.05) is 38.1 Å². The highest BCUT2D eigenvalue weighted by molar-refractivity contribution is 7.91. The molecule has 2 atom stereocenters. The van der Waals surface area contributed by atoms with E-state index in [1.165, 1.54) is 6.08 Å². The SMILES string of the molecule is COc1ccc(CO[C@@H](C)[C@@H](/C=C/C(=O)OCCS(=O)(=O)c2ccc(C)cc2)O[Si](C)(C)C(C)(C)C)cc1. The number of rotatable bonds is 13. The maximum atomic E-state index is 12.5. The van der Waals surface area contributed by atoms with Crippen LogP contribution in [0.15, 0.2) is 65.6 Å². The lowest BCUT2D eigenvalue weighted by atomic mass is 10.2. The second-order valence-electron chi connectivity index (χ2n) is 10.9. The fourth-order valence-electron chi connectivity index (χ4n) is 3.19. The maximum Gasteiger partial charge on any atom is 0.330 e. The number of carbonyl (C=O) groups excluding carboxylic acids is 1. The lowest BCUT2D eigenvalue weighted by molar-refractivity contribution is -0.137. The second-order valence-corrected chi connectivity index (χ2v) is 17.7. The molecule has 0 amide bonds. The lowest BCUT2D eigenvalue weighted by Crippen LogP contribution is -2.46. The van der Waals surface area contributed by atoms with E-state index < -0.39 is 30.2 Å². The fraction of sp³-hybridized carbons (Fsp3) is 0.483. The van der Waals surface area contributed by atoms with Gasteiger partial charge in [0.2, 0.25) is 0 Å². The van der Waals surface area contributed by atoms with Gasteiger partial charge in [0.25, 0.3) is 0 Å². The maximum absolute atomic E-state index is 12.5. The predicted octanol–water partition coefficient (Wildman–Crippen LogP) is 5.87. The summed E-state index contributed by atoms with van der Waals surface area (Å²) in [5.74, 6) is -0.148. The van der Waals surface area contributed by atoms with Crippen molar-refractivity contribution >= 4 is 24.1 Å². The van der Waals surface area contributed by atoms with E-state index in [2.05, 4.69) is 33.9 Å². The minimum Gasteiger partial charge on any atom is -0.497 e. The number of benzene rings is 2. The summed E-state index contributed by atoms with van der Waals surface area (Å²) in [6.07, 6.45) is 2.11. The van der Waals surface area contributed by atoms with Crippen LogP contribution in [0.3, 0.4) is 0 Å². The zero-order valence-corrected chi connectivity index (χ0v) is 25.6. The van der Waals surface area contributed by atoms with Crippen molar-refractivity contribution in [3.63, 3.8) is 0 Å². The van der Waals surface area contributed by atoms with Crippen LogP contribution in [-0.2, 0) is 35.1 Å². The summed E-state index contributed by atoms with van der Waals surface area (Å²) in [5, 5.41) is -0.0420. The summed E-state index contributed by atoms with van der Waals surface area (Å²) >= 11 is 0. The van der Waals surface area contributed by atoms with Gasteiger partial charge in [-0.2, -0.15) is 0 Å². The van der Waals surface area contributed by atoms with Gasteiger partial charge in [-0.25, -0.2) is 13.2 Å². The molecule has 38 heavy (non-hydrogen) atoms. The molecular formula is C29H42O7SSi. The van der Waals surface area contributed by atoms with Gasteiger partial charge in [-0.05, 0) is 67.9 Å². The summed E-state index contributed by atoms with van der Waals surface area (Å²) in [7, 11) is -4.12. The number of methoxy groups -OCH3 is 1. The van der Waals surface area contributed by atoms with E-state index >= 15 is 0 Å². The average molecular weight is 563 g/mol. The van der Waals surface area contributed by atoms with Crippen LogP contribution in [0.2, 0.25) is 18.1 Å². The van der Waals surface area contributed by atoms with E-state index in [0.29, 0.717) is 6.61 Å². The van der Waals surface area contributed by atoms with E-state index in [4.69, 9.17) is 18.6 Å². The summed E-state index contributed by atoms with van der Waals surface area (Å²) in [4.78, 5) is 12.6. The smallest absolute Gasteiger partial charge is 0.330 e. The standard InChI is InChI=1S/C29H42O7SSi/c1-22-9-15-26(16-10-22)37(31,32)20-19-34-28(30)18-17-27(36-38(7,8)29(3,4)5)23(2)35-21-24-11-13-25(33-6)14-12-24/h9-18,23,27H,19-21H2,1-8H3/b18-17+/t23-,27+/m0/s1. The van der Waals surface area contributed by atoms with Crippen LogP contribution < -0.4 is 4.74 Å². The van der Waals surface area contributed by atoms with Crippen molar-refractivity contribution in [1.29, 1.82) is 0 Å². The summed E-state index contributed by atoms with van der Waals surface area (Å²) in [6.45, 7) is 14.6. The highest BCUT2D eigenvalue weighted by Crippen LogP contribution is 2.38. The monoisotopic (exact) mass is 562 g/mol. The molecule has 2 aromatic carbocycles. The van der Waals surface area contributed by atoms with Crippen LogP contribution in [0.25, 0.3) is 0 Å². The third-order valence-electron chi connectivity index (χ3n) is 6.77. The third kappa shape index (κ3) is 9.69. The fourth-order valence-corrected chi connectivity index (χ4v) is 5.58. The van der Waals surface area contributed by atoms with Gasteiger partial charge in [-0.3, -0.25) is 0 Å². The Morgan fingerprint density at radius 3 is 2.18 bits per heavy atom. The molecule has 0 unspecified atom stereocenters. The number of hydrogen-bond acceptors (Lipinski definition) is 7. The molecule has 9 heteroatoms. The molecule has 0 saturated carbocycles. The van der Waals surface area contributed by atoms with Gasteiger partial charge in [-0.1, -0.05) is 50.6 Å². The molecular weight excluding hydrogens is 520 g/mol. The third-order valence-corrected chi connectivity index (χ3v) is 12.9. The predicted molar refractivity (Wildman–Crippen MR) is 153 cm³/mol. The average Bonchev–Trinajstić information content (AvgIpc) is 2.84. The summed E-state index contributed by atoms with van der Waals surface area (Å²) in [6, 6.07) is 14.2. The Bertz CT molecular complexity index is 1160. The van der Waals surface area contributed by atoms with Crippen LogP contribution in [0, 0.1) is 6.92 Å². The van der Waals surface area contributed by atoms with E-state index in [1.54, 1.807) is 37.5 Å². The van der Waals surface area contributed by atoms with Gasteiger partial charge in [0.1, 0.15) is 12.4 Å². The van der Waals surface area contributed by atoms with Crippen LogP contribution >= 0.6 is 0 Å². The van der Waals surface area contributed by atoms with Crippen molar-refractivity contribution in [2.45, 2.75) is 76.5 Å². The first-order chi connectivity index (χ1) is 17.6. The second kappa shape index (κ2) is 13.6. The van der Waals surface area contributed by atoms with Crippen LogP contribution in [0.5, 0.6) is 5.75 Å². The summed E-state index contributed by atoms with van der Waals surface area (Å²) < 4.78 is 48.1. The van der Waals surface area contributed by atoms with Gasteiger partial charge in [0, 0.05) is 6.08 Å². The van der Waals surface area contributed by atoms with Crippen molar-refractivity contribution in [3.8, 4) is 5.75 Å². The molecule has 0 aromatic heterocycles. The largest absolute Gasteiger partial charge is 0.497 e. The van der Waals surface area contributed by atoms with Gasteiger partial charge in [0.05, 0.1) is 36.6 Å². The summed E-state index contributed by atoms with van der Waals surface area (Å²) in [5.41, 5.74) is 1.96. The Balaban J connectivity index is 2.03. The van der Waals surface area contributed by atoms with Crippen molar-refractivity contribution in [2.75, 3.05) is 19.5 Å². The van der Waals surface area contributed by atoms with E-state index in [0.717, 1.165) is 16.9 Å². The first-order valence-electron chi connectivity index (χ1n) is 12.7. The number of carbonyl (C=O) groups is 1. The highest BCUT2D eigenvalue weighted by Gasteiger charge is 2.40. The van der Waals surface area contributed by atoms with E-state index in [-0.39, 0.29) is 28.4 Å². The van der Waals surface area contributed by atoms with E-state index in [9.17, 15) is 13.2 Å². The molecule has 0 bridgehead atoms. The van der Waals surface area contributed by atoms with Crippen LogP contribution in [0.4, 0.5) is 0 Å². The van der Waals surface area contributed by atoms with Gasteiger partial charge < -0.3 is 18.6 Å². The quantitative estimate of drug-likeness (QED) is 0.171. The molecule has 210 valence electrons. The van der Waals surface area contributed by atoms with Crippen molar-refractivity contribution in [2.24, 2.45) is 0 Å². The molecule has 0 radical (unpaired) electrons. The lowest BCUT2D eigenvalue weighted by Gasteiger charge is -2.40. The Kier molecular flexibility index (Phi) is 11.3. The molecule has 0 N–H and O–H groups in total. The normalized spacial score (nSPS) is 14.3. The molecule has 0 aliphatic heterocycles. The molecule has 0 fully saturated rings. The van der Waals surface area contributed by atoms with Crippen molar-refractivity contribution < 1.29 is 31.8 Å². The van der Waals surface area contributed by atoms with Gasteiger partial charge in [-0.15, -0.1) is 0 Å². The Morgan fingerprint density at radius 2 is 1.63 bits per heavy atom. The van der Waals surface area contributed by atoms with Crippen LogP contribution in [0.1, 0.15) is 38.8 Å².